The van der Waals surface area contributed by atoms with Gasteiger partial charge < -0.3 is 10.4 Å². The van der Waals surface area contributed by atoms with Crippen molar-refractivity contribution in [3.63, 3.8) is 0 Å². The van der Waals surface area contributed by atoms with E-state index in [-0.39, 0.29) is 22.1 Å². The van der Waals surface area contributed by atoms with E-state index in [9.17, 15) is 9.59 Å². The highest BCUT2D eigenvalue weighted by atomic mass is 32.1. The Bertz CT molecular complexity index is 460. The number of carboxylic acid groups (broad SMARTS) is 1. The minimum atomic E-state index is -1.01. The van der Waals surface area contributed by atoms with Crippen molar-refractivity contribution in [1.82, 2.24) is 0 Å². The van der Waals surface area contributed by atoms with E-state index in [1.165, 1.54) is 0 Å². The number of carboxylic acids is 1. The van der Waals surface area contributed by atoms with E-state index in [0.29, 0.717) is 12.1 Å². The van der Waals surface area contributed by atoms with Gasteiger partial charge in [-0.25, -0.2) is 4.79 Å². The molecule has 1 heterocycles. The predicted molar refractivity (Wildman–Crippen MR) is 77.8 cm³/mol. The third kappa shape index (κ3) is 5.42. The van der Waals surface area contributed by atoms with Crippen LogP contribution in [0.1, 0.15) is 50.2 Å². The number of anilines is 1. The molecule has 0 saturated heterocycles. The molecule has 0 aliphatic carbocycles. The number of nitrogens with one attached hydrogen (secondary N) is 1. The fraction of sp³-hybridized carbons (Fsp3) is 0.571. The molecule has 1 aromatic heterocycles. The Morgan fingerprint density at radius 3 is 2.58 bits per heavy atom. The van der Waals surface area contributed by atoms with E-state index < -0.39 is 5.97 Å². The minimum Gasteiger partial charge on any atom is -0.477 e. The zero-order chi connectivity index (χ0) is 14.6. The largest absolute Gasteiger partial charge is 0.477 e. The average Bonchev–Trinajstić information content (AvgIpc) is 2.61. The lowest BCUT2D eigenvalue weighted by atomic mass is 9.84. The van der Waals surface area contributed by atoms with Gasteiger partial charge in [-0.1, -0.05) is 27.7 Å². The summed E-state index contributed by atoms with van der Waals surface area (Å²) in [4.78, 5) is 23.0. The average molecular weight is 283 g/mol. The van der Waals surface area contributed by atoms with E-state index in [4.69, 9.17) is 5.11 Å². The number of hydrogen-bond acceptors (Lipinski definition) is 3. The lowest BCUT2D eigenvalue weighted by Gasteiger charge is -2.22. The molecule has 5 heteroatoms. The van der Waals surface area contributed by atoms with Gasteiger partial charge in [0.05, 0.1) is 5.69 Å². The van der Waals surface area contributed by atoms with Crippen LogP contribution in [-0.2, 0) is 4.79 Å². The first-order chi connectivity index (χ1) is 8.69. The molecular weight excluding hydrogens is 262 g/mol. The molecule has 0 aliphatic heterocycles. The Labute approximate surface area is 117 Å². The predicted octanol–water partition coefficient (Wildman–Crippen LogP) is 3.85. The van der Waals surface area contributed by atoms with E-state index in [0.717, 1.165) is 17.8 Å². The zero-order valence-electron chi connectivity index (χ0n) is 11.8. The van der Waals surface area contributed by atoms with Crippen LogP contribution >= 0.6 is 11.3 Å². The molecule has 1 atom stereocenters. The summed E-state index contributed by atoms with van der Waals surface area (Å²) < 4.78 is 0. The van der Waals surface area contributed by atoms with Crippen LogP contribution in [-0.4, -0.2) is 17.0 Å². The van der Waals surface area contributed by atoms with Crippen LogP contribution in [0.25, 0.3) is 0 Å². The van der Waals surface area contributed by atoms with Gasteiger partial charge in [-0.05, 0) is 29.2 Å². The SMILES string of the molecule is CC(CC(=O)Nc1ccsc1C(=O)O)CC(C)(C)C. The molecule has 4 nitrogen and oxygen atoms in total. The maximum Gasteiger partial charge on any atom is 0.348 e. The molecule has 0 fully saturated rings. The number of hydrogen-bond donors (Lipinski definition) is 2. The monoisotopic (exact) mass is 283 g/mol. The maximum absolute atomic E-state index is 11.9. The van der Waals surface area contributed by atoms with Crippen LogP contribution < -0.4 is 5.32 Å². The first-order valence-corrected chi connectivity index (χ1v) is 7.17. The fourth-order valence-corrected chi connectivity index (χ4v) is 2.90. The Kier molecular flexibility index (Phi) is 5.11. The van der Waals surface area contributed by atoms with Gasteiger partial charge in [-0.15, -0.1) is 11.3 Å². The number of carbonyl (C=O) groups is 2. The molecule has 106 valence electrons. The third-order valence-electron chi connectivity index (χ3n) is 2.63. The molecule has 19 heavy (non-hydrogen) atoms. The third-order valence-corrected chi connectivity index (χ3v) is 3.53. The van der Waals surface area contributed by atoms with Crippen LogP contribution in [0.5, 0.6) is 0 Å². The van der Waals surface area contributed by atoms with Crippen molar-refractivity contribution in [2.45, 2.75) is 40.5 Å². The standard InChI is InChI=1S/C14H21NO3S/c1-9(8-14(2,3)4)7-11(16)15-10-5-6-19-12(10)13(17)18/h5-6,9H,7-8H2,1-4H3,(H,15,16)(H,17,18). The van der Waals surface area contributed by atoms with Crippen molar-refractivity contribution >= 4 is 28.9 Å². The van der Waals surface area contributed by atoms with Gasteiger partial charge >= 0.3 is 5.97 Å². The van der Waals surface area contributed by atoms with Gasteiger partial charge in [0.1, 0.15) is 4.88 Å². The van der Waals surface area contributed by atoms with Gasteiger partial charge in [-0.3, -0.25) is 4.79 Å². The second kappa shape index (κ2) is 6.19. The normalized spacial score (nSPS) is 13.1. The molecular formula is C14H21NO3S. The summed E-state index contributed by atoms with van der Waals surface area (Å²) in [5.74, 6) is -0.863. The first-order valence-electron chi connectivity index (χ1n) is 6.29. The summed E-state index contributed by atoms with van der Waals surface area (Å²) in [7, 11) is 0. The lowest BCUT2D eigenvalue weighted by Crippen LogP contribution is -2.19. The van der Waals surface area contributed by atoms with Crippen molar-refractivity contribution in [3.8, 4) is 0 Å². The molecule has 0 aromatic carbocycles. The summed E-state index contributed by atoms with van der Waals surface area (Å²) >= 11 is 1.11. The summed E-state index contributed by atoms with van der Waals surface area (Å²) in [5.41, 5.74) is 0.583. The van der Waals surface area contributed by atoms with Crippen LogP contribution in [0.15, 0.2) is 11.4 Å². The Morgan fingerprint density at radius 1 is 1.42 bits per heavy atom. The molecule has 0 saturated carbocycles. The molecule has 0 bridgehead atoms. The highest BCUT2D eigenvalue weighted by molar-refractivity contribution is 7.12. The molecule has 1 amide bonds. The highest BCUT2D eigenvalue weighted by Gasteiger charge is 2.19. The maximum atomic E-state index is 11.9. The van der Waals surface area contributed by atoms with Crippen molar-refractivity contribution in [3.05, 3.63) is 16.3 Å². The molecule has 2 N–H and O–H groups in total. The summed E-state index contributed by atoms with van der Waals surface area (Å²) in [6, 6.07) is 1.63. The number of thiophene rings is 1. The molecule has 0 spiro atoms. The van der Waals surface area contributed by atoms with Gasteiger partial charge in [0.2, 0.25) is 5.91 Å². The smallest absolute Gasteiger partial charge is 0.348 e. The van der Waals surface area contributed by atoms with Crippen LogP contribution in [0.3, 0.4) is 0 Å². The Balaban J connectivity index is 2.56. The second-order valence-corrected chi connectivity index (χ2v) is 7.01. The van der Waals surface area contributed by atoms with Gasteiger partial charge in [-0.2, -0.15) is 0 Å². The van der Waals surface area contributed by atoms with Crippen molar-refractivity contribution in [2.24, 2.45) is 11.3 Å². The van der Waals surface area contributed by atoms with E-state index in [2.05, 4.69) is 26.1 Å². The summed E-state index contributed by atoms with van der Waals surface area (Å²) in [5, 5.41) is 13.3. The van der Waals surface area contributed by atoms with E-state index in [1.54, 1.807) is 11.4 Å². The van der Waals surface area contributed by atoms with Gasteiger partial charge in [0, 0.05) is 6.42 Å². The van der Waals surface area contributed by atoms with E-state index in [1.807, 2.05) is 6.92 Å². The molecule has 1 aromatic rings. The topological polar surface area (TPSA) is 66.4 Å². The minimum absolute atomic E-state index is 0.127. The van der Waals surface area contributed by atoms with Crippen LogP contribution in [0, 0.1) is 11.3 Å². The number of rotatable bonds is 5. The molecule has 0 radical (unpaired) electrons. The fourth-order valence-electron chi connectivity index (χ4n) is 2.21. The van der Waals surface area contributed by atoms with Crippen molar-refractivity contribution < 1.29 is 14.7 Å². The number of amides is 1. The van der Waals surface area contributed by atoms with Gasteiger partial charge in [0.15, 0.2) is 0 Å². The quantitative estimate of drug-likeness (QED) is 0.862. The number of carbonyl (C=O) groups excluding carboxylic acids is 1. The number of aromatic carboxylic acids is 1. The van der Waals surface area contributed by atoms with Crippen molar-refractivity contribution in [1.29, 1.82) is 0 Å². The highest BCUT2D eigenvalue weighted by Crippen LogP contribution is 2.27. The Morgan fingerprint density at radius 2 is 2.05 bits per heavy atom. The lowest BCUT2D eigenvalue weighted by molar-refractivity contribution is -0.117. The Hall–Kier alpha value is -1.36. The van der Waals surface area contributed by atoms with Gasteiger partial charge in [0.25, 0.3) is 0 Å². The van der Waals surface area contributed by atoms with Crippen LogP contribution in [0.4, 0.5) is 5.69 Å². The van der Waals surface area contributed by atoms with Crippen LogP contribution in [0.2, 0.25) is 0 Å². The first kappa shape index (κ1) is 15.7. The second-order valence-electron chi connectivity index (χ2n) is 6.09. The summed E-state index contributed by atoms with van der Waals surface area (Å²) in [6.07, 6.45) is 1.36. The summed E-state index contributed by atoms with van der Waals surface area (Å²) in [6.45, 7) is 8.46. The molecule has 1 unspecified atom stereocenters. The van der Waals surface area contributed by atoms with Crippen molar-refractivity contribution in [2.75, 3.05) is 5.32 Å². The zero-order valence-corrected chi connectivity index (χ0v) is 12.6. The molecule has 0 aliphatic rings. The molecule has 1 rings (SSSR count). The van der Waals surface area contributed by atoms with E-state index >= 15 is 0 Å².